The van der Waals surface area contributed by atoms with Gasteiger partial charge in [-0.25, -0.2) is 17.9 Å². The Balaban J connectivity index is 1.01. The lowest BCUT2D eigenvalue weighted by Crippen LogP contribution is -2.40. The standard InChI is InChI=1S/C37H40F3N5O2/c1-24(2)17-26-5-3-6-27(19-26)18-25-9-13-43(14-10-25)36(46)28-7-4-8-29(20-28)37(47)44-15-11-30(12-16-44)45-23-35(41-42-45)31-21-33(39)34(40)22-32(31)38/h3-8,19-25,30H,9-18H2,1-2H3. The molecule has 2 fully saturated rings. The molecule has 0 spiro atoms. The predicted molar refractivity (Wildman–Crippen MR) is 173 cm³/mol. The van der Waals surface area contributed by atoms with Gasteiger partial charge in [0.1, 0.15) is 11.5 Å². The van der Waals surface area contributed by atoms with Crippen molar-refractivity contribution in [2.75, 3.05) is 26.2 Å². The minimum absolute atomic E-state index is 0.0461. The van der Waals surface area contributed by atoms with Crippen LogP contribution in [0.15, 0.2) is 66.9 Å². The summed E-state index contributed by atoms with van der Waals surface area (Å²) in [6, 6.07) is 17.0. The highest BCUT2D eigenvalue weighted by Crippen LogP contribution is 2.28. The normalized spacial score (nSPS) is 16.2. The highest BCUT2D eigenvalue weighted by molar-refractivity contribution is 5.99. The Hall–Kier alpha value is -4.47. The molecule has 0 saturated carbocycles. The van der Waals surface area contributed by atoms with Gasteiger partial charge in [-0.3, -0.25) is 9.59 Å². The molecule has 0 unspecified atom stereocenters. The molecule has 6 rings (SSSR count). The topological polar surface area (TPSA) is 71.3 Å². The molecule has 2 aliphatic rings. The van der Waals surface area contributed by atoms with Gasteiger partial charge < -0.3 is 9.80 Å². The molecule has 0 bridgehead atoms. The van der Waals surface area contributed by atoms with Gasteiger partial charge in [0, 0.05) is 48.9 Å². The molecule has 3 heterocycles. The third kappa shape index (κ3) is 7.58. The molecule has 2 amide bonds. The van der Waals surface area contributed by atoms with E-state index in [2.05, 4.69) is 48.4 Å². The van der Waals surface area contributed by atoms with Gasteiger partial charge in [0.2, 0.25) is 0 Å². The van der Waals surface area contributed by atoms with Gasteiger partial charge in [-0.2, -0.15) is 0 Å². The second-order valence-electron chi connectivity index (χ2n) is 13.3. The molecule has 7 nitrogen and oxygen atoms in total. The van der Waals surface area contributed by atoms with E-state index >= 15 is 0 Å². The molecular weight excluding hydrogens is 603 g/mol. The first-order valence-electron chi connectivity index (χ1n) is 16.5. The number of carbonyl (C=O) groups excluding carboxylic acids is 2. The second-order valence-corrected chi connectivity index (χ2v) is 13.3. The van der Waals surface area contributed by atoms with Gasteiger partial charge >= 0.3 is 0 Å². The van der Waals surface area contributed by atoms with E-state index in [1.54, 1.807) is 33.8 Å². The zero-order valence-electron chi connectivity index (χ0n) is 26.8. The fraction of sp³-hybridized carbons (Fsp3) is 0.405. The van der Waals surface area contributed by atoms with Crippen molar-refractivity contribution in [1.82, 2.24) is 24.8 Å². The number of piperidine rings is 2. The Kier molecular flexibility index (Phi) is 9.75. The Bertz CT molecular complexity index is 1740. The first-order valence-corrected chi connectivity index (χ1v) is 16.5. The SMILES string of the molecule is CC(C)Cc1cccc(CC2CCN(C(=O)c3cccc(C(=O)N4CCC(n5cc(-c6cc(F)c(F)cc6F)nn5)CC4)c3)CC2)c1. The summed E-state index contributed by atoms with van der Waals surface area (Å²) >= 11 is 0. The van der Waals surface area contributed by atoms with Crippen LogP contribution in [0, 0.1) is 29.3 Å². The predicted octanol–water partition coefficient (Wildman–Crippen LogP) is 7.13. The quantitative estimate of drug-likeness (QED) is 0.192. The van der Waals surface area contributed by atoms with Crippen molar-refractivity contribution < 1.29 is 22.8 Å². The summed E-state index contributed by atoms with van der Waals surface area (Å²) in [6.45, 7) is 6.80. The van der Waals surface area contributed by atoms with Crippen LogP contribution < -0.4 is 0 Å². The van der Waals surface area contributed by atoms with Crippen LogP contribution in [-0.2, 0) is 12.8 Å². The van der Waals surface area contributed by atoms with Crippen LogP contribution in [0.3, 0.4) is 0 Å². The smallest absolute Gasteiger partial charge is 0.253 e. The summed E-state index contributed by atoms with van der Waals surface area (Å²) in [4.78, 5) is 30.5. The largest absolute Gasteiger partial charge is 0.339 e. The van der Waals surface area contributed by atoms with Crippen LogP contribution in [0.4, 0.5) is 13.2 Å². The van der Waals surface area contributed by atoms with Crippen molar-refractivity contribution in [3.8, 4) is 11.3 Å². The average molecular weight is 644 g/mol. The van der Waals surface area contributed by atoms with E-state index in [1.807, 2.05) is 4.90 Å². The lowest BCUT2D eigenvalue weighted by atomic mass is 9.89. The number of likely N-dealkylation sites (tertiary alicyclic amines) is 2. The Morgan fingerprint density at radius 3 is 2.02 bits per heavy atom. The fourth-order valence-electron chi connectivity index (χ4n) is 6.81. The molecule has 4 aromatic rings. The number of halogens is 3. The number of hydrogen-bond acceptors (Lipinski definition) is 4. The molecule has 0 atom stereocenters. The molecule has 10 heteroatoms. The summed E-state index contributed by atoms with van der Waals surface area (Å²) in [5.41, 5.74) is 3.69. The van der Waals surface area contributed by atoms with Gasteiger partial charge in [-0.15, -0.1) is 5.10 Å². The van der Waals surface area contributed by atoms with Crippen LogP contribution >= 0.6 is 0 Å². The Morgan fingerprint density at radius 2 is 1.36 bits per heavy atom. The first kappa shape index (κ1) is 32.5. The van der Waals surface area contributed by atoms with Crippen molar-refractivity contribution >= 4 is 11.8 Å². The molecule has 47 heavy (non-hydrogen) atoms. The molecule has 1 aromatic heterocycles. The number of amides is 2. The summed E-state index contributed by atoms with van der Waals surface area (Å²) in [5, 5.41) is 8.05. The van der Waals surface area contributed by atoms with Gasteiger partial charge in [0.05, 0.1) is 12.2 Å². The average Bonchev–Trinajstić information content (AvgIpc) is 3.56. The van der Waals surface area contributed by atoms with Crippen molar-refractivity contribution in [3.05, 3.63) is 107 Å². The molecule has 0 radical (unpaired) electrons. The van der Waals surface area contributed by atoms with E-state index in [9.17, 15) is 22.8 Å². The number of carbonyl (C=O) groups is 2. The van der Waals surface area contributed by atoms with E-state index in [4.69, 9.17) is 0 Å². The van der Waals surface area contributed by atoms with Crippen molar-refractivity contribution in [2.24, 2.45) is 11.8 Å². The van der Waals surface area contributed by atoms with E-state index in [0.717, 1.165) is 31.7 Å². The van der Waals surface area contributed by atoms with Crippen LogP contribution in [0.5, 0.6) is 0 Å². The fourth-order valence-corrected chi connectivity index (χ4v) is 6.81. The third-order valence-corrected chi connectivity index (χ3v) is 9.34. The van der Waals surface area contributed by atoms with Crippen LogP contribution in [0.1, 0.15) is 77.4 Å². The second kappa shape index (κ2) is 14.1. The molecule has 0 aliphatic carbocycles. The number of hydrogen-bond donors (Lipinski definition) is 0. The van der Waals surface area contributed by atoms with E-state index in [-0.39, 0.29) is 29.1 Å². The van der Waals surface area contributed by atoms with Gasteiger partial charge in [-0.1, -0.05) is 49.4 Å². The summed E-state index contributed by atoms with van der Waals surface area (Å²) < 4.78 is 42.9. The van der Waals surface area contributed by atoms with Crippen LogP contribution in [0.25, 0.3) is 11.3 Å². The van der Waals surface area contributed by atoms with Crippen molar-refractivity contribution in [3.63, 3.8) is 0 Å². The molecule has 2 aliphatic heterocycles. The van der Waals surface area contributed by atoms with Crippen molar-refractivity contribution in [1.29, 1.82) is 0 Å². The number of rotatable bonds is 8. The van der Waals surface area contributed by atoms with Crippen LogP contribution in [-0.4, -0.2) is 62.8 Å². The Labute approximate surface area is 273 Å². The van der Waals surface area contributed by atoms with Crippen molar-refractivity contribution in [2.45, 2.75) is 58.4 Å². The summed E-state index contributed by atoms with van der Waals surface area (Å²) in [5.74, 6) is -2.36. The molecule has 2 saturated heterocycles. The van der Waals surface area contributed by atoms with Gasteiger partial charge in [-0.05, 0) is 85.8 Å². The number of benzene rings is 3. The lowest BCUT2D eigenvalue weighted by molar-refractivity contribution is 0.0688. The highest BCUT2D eigenvalue weighted by atomic mass is 19.2. The minimum Gasteiger partial charge on any atom is -0.339 e. The minimum atomic E-state index is -1.26. The Morgan fingerprint density at radius 1 is 0.766 bits per heavy atom. The zero-order valence-corrected chi connectivity index (χ0v) is 26.8. The van der Waals surface area contributed by atoms with E-state index < -0.39 is 17.5 Å². The molecular formula is C37H40F3N5O2. The summed E-state index contributed by atoms with van der Waals surface area (Å²) in [7, 11) is 0. The maximum Gasteiger partial charge on any atom is 0.253 e. The monoisotopic (exact) mass is 643 g/mol. The first-order chi connectivity index (χ1) is 22.6. The van der Waals surface area contributed by atoms with Gasteiger partial charge in [0.25, 0.3) is 11.8 Å². The molecule has 3 aromatic carbocycles. The summed E-state index contributed by atoms with van der Waals surface area (Å²) in [6.07, 6.45) is 6.71. The number of nitrogens with zero attached hydrogens (tertiary/aromatic N) is 5. The van der Waals surface area contributed by atoms with Crippen LogP contribution in [0.2, 0.25) is 0 Å². The highest BCUT2D eigenvalue weighted by Gasteiger charge is 2.28. The van der Waals surface area contributed by atoms with E-state index in [1.165, 1.54) is 17.3 Å². The van der Waals surface area contributed by atoms with Gasteiger partial charge in [0.15, 0.2) is 11.6 Å². The molecule has 246 valence electrons. The number of aromatic nitrogens is 3. The maximum atomic E-state index is 14.2. The lowest BCUT2D eigenvalue weighted by Gasteiger charge is -2.33. The third-order valence-electron chi connectivity index (χ3n) is 9.34. The maximum absolute atomic E-state index is 14.2. The molecule has 0 N–H and O–H groups in total. The van der Waals surface area contributed by atoms with E-state index in [0.29, 0.717) is 68.0 Å². The zero-order chi connectivity index (χ0) is 33.1.